The van der Waals surface area contributed by atoms with Crippen molar-refractivity contribution < 1.29 is 18.3 Å². The number of ether oxygens (including phenoxy) is 1. The zero-order chi connectivity index (χ0) is 25.3. The van der Waals surface area contributed by atoms with Gasteiger partial charge in [-0.2, -0.15) is 13.5 Å². The van der Waals surface area contributed by atoms with E-state index in [4.69, 9.17) is 4.74 Å². The maximum Gasteiger partial charge on any atom is 0.345 e. The van der Waals surface area contributed by atoms with Gasteiger partial charge in [0.2, 0.25) is 0 Å². The molecule has 36 heavy (non-hydrogen) atoms. The number of rotatable bonds is 8. The second-order valence-electron chi connectivity index (χ2n) is 10.1. The third kappa shape index (κ3) is 5.23. The van der Waals surface area contributed by atoms with Crippen molar-refractivity contribution in [2.45, 2.75) is 64.0 Å². The number of benzene rings is 1. The second kappa shape index (κ2) is 10.4. The van der Waals surface area contributed by atoms with E-state index in [0.29, 0.717) is 38.3 Å². The molecule has 1 aromatic heterocycles. The van der Waals surface area contributed by atoms with Crippen molar-refractivity contribution in [3.05, 3.63) is 40.7 Å². The van der Waals surface area contributed by atoms with Gasteiger partial charge in [0.15, 0.2) is 0 Å². The molecule has 3 aliphatic rings. The van der Waals surface area contributed by atoms with Gasteiger partial charge < -0.3 is 20.1 Å². The average molecular weight is 516 g/mol. The zero-order valence-corrected chi connectivity index (χ0v) is 21.9. The minimum absolute atomic E-state index is 0.350. The normalized spacial score (nSPS) is 18.5. The van der Waals surface area contributed by atoms with Crippen LogP contribution in [0, 0.1) is 0 Å². The van der Waals surface area contributed by atoms with Crippen LogP contribution in [0.2, 0.25) is 0 Å². The van der Waals surface area contributed by atoms with Gasteiger partial charge in [-0.1, -0.05) is 6.07 Å². The summed E-state index contributed by atoms with van der Waals surface area (Å²) in [7, 11) is -0.373. The molecule has 1 aromatic carbocycles. The topological polar surface area (TPSA) is 115 Å². The SMILES string of the molecule is CN(C)CCn1cc(N(C2CCOCC2)S(=O)(=O)/N=C(\[O-])Nc2c3c(cc4c2CCC4)CCC3)cn1. The molecular formula is C25H35N6O4S-. The minimum atomic E-state index is -4.31. The van der Waals surface area contributed by atoms with Gasteiger partial charge in [-0.3, -0.25) is 4.68 Å². The van der Waals surface area contributed by atoms with Crippen LogP contribution in [0.15, 0.2) is 22.9 Å². The summed E-state index contributed by atoms with van der Waals surface area (Å²) in [4.78, 5) is 2.03. The maximum absolute atomic E-state index is 13.6. The van der Waals surface area contributed by atoms with Gasteiger partial charge in [0, 0.05) is 31.6 Å². The average Bonchev–Trinajstić information content (AvgIpc) is 3.59. The molecule has 1 aliphatic heterocycles. The number of fused-ring (bicyclic) bond motifs is 2. The largest absolute Gasteiger partial charge is 0.845 e. The summed E-state index contributed by atoms with van der Waals surface area (Å²) in [5.74, 6) is 0. The smallest absolute Gasteiger partial charge is 0.345 e. The monoisotopic (exact) mass is 515 g/mol. The highest BCUT2D eigenvalue weighted by Crippen LogP contribution is 2.38. The van der Waals surface area contributed by atoms with Crippen molar-refractivity contribution in [1.82, 2.24) is 14.7 Å². The Balaban J connectivity index is 1.44. The first kappa shape index (κ1) is 25.0. The van der Waals surface area contributed by atoms with Crippen LogP contribution in [0.1, 0.15) is 47.9 Å². The molecule has 11 heteroatoms. The lowest BCUT2D eigenvalue weighted by atomic mass is 9.99. The molecule has 0 saturated carbocycles. The van der Waals surface area contributed by atoms with Gasteiger partial charge in [-0.15, -0.1) is 4.40 Å². The number of likely N-dealkylation sites (N-methyl/N-ethyl adjacent to an activating group) is 1. The van der Waals surface area contributed by atoms with Gasteiger partial charge >= 0.3 is 10.2 Å². The first-order chi connectivity index (χ1) is 17.3. The highest BCUT2D eigenvalue weighted by atomic mass is 32.2. The fraction of sp³-hybridized carbons (Fsp3) is 0.600. The number of hydrogen-bond donors (Lipinski definition) is 1. The Labute approximate surface area is 213 Å². The van der Waals surface area contributed by atoms with E-state index in [1.165, 1.54) is 21.6 Å². The van der Waals surface area contributed by atoms with Gasteiger partial charge in [0.1, 0.15) is 0 Å². The molecule has 1 N–H and O–H groups in total. The molecule has 10 nitrogen and oxygen atoms in total. The lowest BCUT2D eigenvalue weighted by Crippen LogP contribution is -2.44. The molecule has 1 fully saturated rings. The summed E-state index contributed by atoms with van der Waals surface area (Å²) in [5.41, 5.74) is 6.01. The molecule has 2 heterocycles. The van der Waals surface area contributed by atoms with E-state index in [9.17, 15) is 13.5 Å². The highest BCUT2D eigenvalue weighted by molar-refractivity contribution is 7.91. The minimum Gasteiger partial charge on any atom is -0.845 e. The van der Waals surface area contributed by atoms with Crippen LogP contribution >= 0.6 is 0 Å². The van der Waals surface area contributed by atoms with Crippen molar-refractivity contribution in [1.29, 1.82) is 0 Å². The first-order valence-corrected chi connectivity index (χ1v) is 14.2. The standard InChI is InChI=1S/C25H36N6O4S/c1-29(2)11-12-30-17-21(16-26-30)31(20-9-13-35-14-10-20)36(33,34)28-25(32)27-24-22-7-3-5-18(22)15-19-6-4-8-23(19)24/h15-17,20H,3-14H2,1-2H3,(H2,27,28,32)/p-1. The number of anilines is 2. The van der Waals surface area contributed by atoms with E-state index in [1.807, 2.05) is 19.0 Å². The summed E-state index contributed by atoms with van der Waals surface area (Å²) in [6, 6.07) is 1.08. The van der Waals surface area contributed by atoms with Crippen LogP contribution in [0.5, 0.6) is 0 Å². The molecule has 2 aliphatic carbocycles. The fourth-order valence-corrected chi connectivity index (χ4v) is 6.88. The first-order valence-electron chi connectivity index (χ1n) is 12.8. The Kier molecular flexibility index (Phi) is 7.23. The maximum atomic E-state index is 13.6. The van der Waals surface area contributed by atoms with Crippen LogP contribution in [0.3, 0.4) is 0 Å². The van der Waals surface area contributed by atoms with E-state index in [2.05, 4.69) is 20.9 Å². The van der Waals surface area contributed by atoms with E-state index in [1.54, 1.807) is 10.9 Å². The zero-order valence-electron chi connectivity index (χ0n) is 21.1. The molecule has 0 unspecified atom stereocenters. The van der Waals surface area contributed by atoms with E-state index in [-0.39, 0.29) is 6.04 Å². The molecule has 2 aromatic rings. The van der Waals surface area contributed by atoms with Crippen LogP contribution in [-0.2, 0) is 47.2 Å². The third-order valence-corrected chi connectivity index (χ3v) is 8.73. The Hall–Kier alpha value is -2.63. The molecular weight excluding hydrogens is 480 g/mol. The van der Waals surface area contributed by atoms with Gasteiger partial charge in [0.05, 0.1) is 30.5 Å². The number of nitrogens with one attached hydrogen (secondary N) is 1. The highest BCUT2D eigenvalue weighted by Gasteiger charge is 2.33. The Morgan fingerprint density at radius 3 is 2.47 bits per heavy atom. The van der Waals surface area contributed by atoms with Gasteiger partial charge in [0.25, 0.3) is 0 Å². The quantitative estimate of drug-likeness (QED) is 0.418. The Bertz CT molecular complexity index is 1200. The molecule has 0 amide bonds. The fourth-order valence-electron chi connectivity index (χ4n) is 5.59. The predicted octanol–water partition coefficient (Wildman–Crippen LogP) is 1.48. The Morgan fingerprint density at radius 1 is 1.17 bits per heavy atom. The van der Waals surface area contributed by atoms with E-state index >= 15 is 0 Å². The van der Waals surface area contributed by atoms with E-state index < -0.39 is 16.2 Å². The van der Waals surface area contributed by atoms with Crippen LogP contribution in [0.25, 0.3) is 0 Å². The van der Waals surface area contributed by atoms with Crippen LogP contribution in [0.4, 0.5) is 11.4 Å². The molecule has 196 valence electrons. The number of nitrogens with zero attached hydrogens (tertiary/aromatic N) is 5. The molecule has 1 saturated heterocycles. The summed E-state index contributed by atoms with van der Waals surface area (Å²) >= 11 is 0. The molecule has 0 atom stereocenters. The van der Waals surface area contributed by atoms with Crippen molar-refractivity contribution in [2.24, 2.45) is 4.40 Å². The predicted molar refractivity (Wildman–Crippen MR) is 138 cm³/mol. The second-order valence-corrected chi connectivity index (χ2v) is 11.6. The Morgan fingerprint density at radius 2 is 1.83 bits per heavy atom. The summed E-state index contributed by atoms with van der Waals surface area (Å²) in [5, 5.41) is 20.3. The van der Waals surface area contributed by atoms with Gasteiger partial charge in [-0.25, -0.2) is 4.31 Å². The summed E-state index contributed by atoms with van der Waals surface area (Å²) in [6.45, 7) is 2.31. The van der Waals surface area contributed by atoms with Crippen molar-refractivity contribution in [2.75, 3.05) is 43.5 Å². The summed E-state index contributed by atoms with van der Waals surface area (Å²) in [6.07, 6.45) is 10.2. The number of amidine groups is 1. The molecule has 0 bridgehead atoms. The number of aromatic nitrogens is 2. The number of aryl methyl sites for hydroxylation is 2. The van der Waals surface area contributed by atoms with E-state index in [0.717, 1.165) is 61.9 Å². The number of hydrogen-bond acceptors (Lipinski definition) is 6. The van der Waals surface area contributed by atoms with Crippen molar-refractivity contribution in [3.63, 3.8) is 0 Å². The van der Waals surface area contributed by atoms with Crippen molar-refractivity contribution >= 4 is 27.6 Å². The van der Waals surface area contributed by atoms with Crippen molar-refractivity contribution in [3.8, 4) is 0 Å². The van der Waals surface area contributed by atoms with Gasteiger partial charge in [-0.05, 0) is 87.7 Å². The lowest BCUT2D eigenvalue weighted by molar-refractivity contribution is -0.213. The molecule has 5 rings (SSSR count). The molecule has 0 radical (unpaired) electrons. The summed E-state index contributed by atoms with van der Waals surface area (Å²) < 4.78 is 39.4. The third-order valence-electron chi connectivity index (χ3n) is 7.32. The van der Waals surface area contributed by atoms with Crippen LogP contribution < -0.4 is 14.7 Å². The molecule has 0 spiro atoms. The lowest BCUT2D eigenvalue weighted by Gasteiger charge is -2.33. The van der Waals surface area contributed by atoms with Crippen LogP contribution in [-0.4, -0.2) is 69.0 Å².